The van der Waals surface area contributed by atoms with E-state index in [1.807, 2.05) is 13.8 Å². The Balaban J connectivity index is 2.46. The fourth-order valence-electron chi connectivity index (χ4n) is 1.29. The highest BCUT2D eigenvalue weighted by molar-refractivity contribution is 7.85. The van der Waals surface area contributed by atoms with Gasteiger partial charge in [-0.1, -0.05) is 25.4 Å². The molecule has 96 valence electrons. The van der Waals surface area contributed by atoms with Crippen LogP contribution in [0.4, 0.5) is 0 Å². The Bertz CT molecular complexity index is 367. The molecule has 0 aliphatic carbocycles. The standard InChI is InChI=1S/C12H18ClNO2S/c1-9(2)14-7-11(15)8-17(16)12-5-3-10(13)4-6-12/h3-6,9,11,14-15H,7-8H2,1-2H3. The number of aliphatic hydroxyl groups is 1. The van der Waals surface area contributed by atoms with Gasteiger partial charge < -0.3 is 10.4 Å². The molecule has 1 aromatic rings. The van der Waals surface area contributed by atoms with Gasteiger partial charge >= 0.3 is 0 Å². The normalized spacial score (nSPS) is 14.9. The van der Waals surface area contributed by atoms with Crippen LogP contribution in [0.5, 0.6) is 0 Å². The van der Waals surface area contributed by atoms with E-state index < -0.39 is 16.9 Å². The van der Waals surface area contributed by atoms with Gasteiger partial charge in [-0.25, -0.2) is 0 Å². The maximum absolute atomic E-state index is 11.9. The van der Waals surface area contributed by atoms with Gasteiger partial charge in [0.05, 0.1) is 22.7 Å². The largest absolute Gasteiger partial charge is 0.391 e. The summed E-state index contributed by atoms with van der Waals surface area (Å²) in [7, 11) is -1.19. The lowest BCUT2D eigenvalue weighted by molar-refractivity contribution is 0.191. The van der Waals surface area contributed by atoms with E-state index in [1.165, 1.54) is 0 Å². The summed E-state index contributed by atoms with van der Waals surface area (Å²) in [6, 6.07) is 7.16. The van der Waals surface area contributed by atoms with Crippen molar-refractivity contribution in [2.45, 2.75) is 30.9 Å². The zero-order chi connectivity index (χ0) is 12.8. The van der Waals surface area contributed by atoms with Crippen LogP contribution in [-0.4, -0.2) is 33.8 Å². The molecular formula is C12H18ClNO2S. The lowest BCUT2D eigenvalue weighted by Gasteiger charge is -2.13. The number of rotatable bonds is 6. The number of aliphatic hydroxyl groups excluding tert-OH is 1. The van der Waals surface area contributed by atoms with E-state index in [0.29, 0.717) is 22.5 Å². The third-order valence-corrected chi connectivity index (χ3v) is 3.92. The van der Waals surface area contributed by atoms with Crippen molar-refractivity contribution < 1.29 is 9.32 Å². The summed E-state index contributed by atoms with van der Waals surface area (Å²) in [5.74, 6) is 0.237. The summed E-state index contributed by atoms with van der Waals surface area (Å²) >= 11 is 5.75. The first-order valence-corrected chi connectivity index (χ1v) is 7.24. The number of hydrogen-bond acceptors (Lipinski definition) is 3. The second-order valence-electron chi connectivity index (χ2n) is 4.18. The highest BCUT2D eigenvalue weighted by Crippen LogP contribution is 2.13. The Morgan fingerprint density at radius 3 is 2.47 bits per heavy atom. The summed E-state index contributed by atoms with van der Waals surface area (Å²) in [4.78, 5) is 0.693. The first kappa shape index (κ1) is 14.6. The van der Waals surface area contributed by atoms with Gasteiger partial charge in [-0.2, -0.15) is 0 Å². The number of hydrogen-bond donors (Lipinski definition) is 2. The van der Waals surface area contributed by atoms with Crippen LogP contribution in [0.1, 0.15) is 13.8 Å². The molecule has 0 saturated heterocycles. The molecule has 0 amide bonds. The summed E-state index contributed by atoms with van der Waals surface area (Å²) in [6.45, 7) is 4.46. The Kier molecular flexibility index (Phi) is 6.12. The second kappa shape index (κ2) is 7.11. The molecule has 17 heavy (non-hydrogen) atoms. The van der Waals surface area contributed by atoms with Crippen molar-refractivity contribution in [2.24, 2.45) is 0 Å². The highest BCUT2D eigenvalue weighted by atomic mass is 35.5. The average molecular weight is 276 g/mol. The van der Waals surface area contributed by atoms with Crippen molar-refractivity contribution >= 4 is 22.4 Å². The molecule has 0 aliphatic rings. The quantitative estimate of drug-likeness (QED) is 0.832. The Morgan fingerprint density at radius 1 is 1.35 bits per heavy atom. The van der Waals surface area contributed by atoms with E-state index in [1.54, 1.807) is 24.3 Å². The number of halogens is 1. The molecular weight excluding hydrogens is 258 g/mol. The maximum Gasteiger partial charge on any atom is 0.0783 e. The van der Waals surface area contributed by atoms with Crippen LogP contribution in [0.3, 0.4) is 0 Å². The summed E-state index contributed by atoms with van der Waals surface area (Å²) < 4.78 is 11.9. The molecule has 0 aliphatic heterocycles. The van der Waals surface area contributed by atoms with Crippen LogP contribution in [-0.2, 0) is 10.8 Å². The predicted octanol–water partition coefficient (Wildman–Crippen LogP) is 1.81. The Labute approximate surface area is 110 Å². The smallest absolute Gasteiger partial charge is 0.0783 e. The summed E-state index contributed by atoms with van der Waals surface area (Å²) in [5.41, 5.74) is 0. The van der Waals surface area contributed by atoms with Crippen LogP contribution >= 0.6 is 11.6 Å². The molecule has 0 fully saturated rings. The van der Waals surface area contributed by atoms with Crippen LogP contribution in [0, 0.1) is 0 Å². The molecule has 5 heteroatoms. The molecule has 3 nitrogen and oxygen atoms in total. The zero-order valence-electron chi connectivity index (χ0n) is 10.0. The van der Waals surface area contributed by atoms with Crippen molar-refractivity contribution in [3.05, 3.63) is 29.3 Å². The minimum Gasteiger partial charge on any atom is -0.391 e. The van der Waals surface area contributed by atoms with Gasteiger partial charge in [0.2, 0.25) is 0 Å². The highest BCUT2D eigenvalue weighted by Gasteiger charge is 2.11. The molecule has 0 aromatic heterocycles. The van der Waals surface area contributed by atoms with E-state index in [4.69, 9.17) is 11.6 Å². The van der Waals surface area contributed by atoms with Gasteiger partial charge in [-0.05, 0) is 24.3 Å². The molecule has 0 spiro atoms. The maximum atomic E-state index is 11.9. The van der Waals surface area contributed by atoms with Crippen molar-refractivity contribution in [2.75, 3.05) is 12.3 Å². The lowest BCUT2D eigenvalue weighted by atomic mass is 10.3. The van der Waals surface area contributed by atoms with Crippen LogP contribution in [0.2, 0.25) is 5.02 Å². The van der Waals surface area contributed by atoms with Crippen LogP contribution in [0.25, 0.3) is 0 Å². The van der Waals surface area contributed by atoms with Gasteiger partial charge in [0.15, 0.2) is 0 Å². The van der Waals surface area contributed by atoms with Crippen molar-refractivity contribution in [1.29, 1.82) is 0 Å². The fourth-order valence-corrected chi connectivity index (χ4v) is 2.51. The van der Waals surface area contributed by atoms with Crippen molar-refractivity contribution in [3.8, 4) is 0 Å². The molecule has 0 radical (unpaired) electrons. The van der Waals surface area contributed by atoms with E-state index in [9.17, 15) is 9.32 Å². The van der Waals surface area contributed by atoms with Gasteiger partial charge in [0, 0.05) is 22.5 Å². The van der Waals surface area contributed by atoms with E-state index >= 15 is 0 Å². The second-order valence-corrected chi connectivity index (χ2v) is 6.12. The molecule has 0 saturated carbocycles. The van der Waals surface area contributed by atoms with Crippen molar-refractivity contribution in [1.82, 2.24) is 5.32 Å². The van der Waals surface area contributed by atoms with Crippen molar-refractivity contribution in [3.63, 3.8) is 0 Å². The molecule has 1 rings (SSSR count). The van der Waals surface area contributed by atoms with Gasteiger partial charge in [-0.3, -0.25) is 4.21 Å². The molecule has 2 N–H and O–H groups in total. The first-order chi connectivity index (χ1) is 7.99. The van der Waals surface area contributed by atoms with Crippen LogP contribution < -0.4 is 5.32 Å². The Morgan fingerprint density at radius 2 is 1.94 bits per heavy atom. The third-order valence-electron chi connectivity index (χ3n) is 2.18. The molecule has 2 atom stereocenters. The van der Waals surface area contributed by atoms with Gasteiger partial charge in [0.25, 0.3) is 0 Å². The summed E-state index contributed by atoms with van der Waals surface area (Å²) in [5, 5.41) is 13.4. The minimum atomic E-state index is -1.19. The summed E-state index contributed by atoms with van der Waals surface area (Å²) in [6.07, 6.45) is -0.603. The molecule has 0 bridgehead atoms. The van der Waals surface area contributed by atoms with Crippen LogP contribution in [0.15, 0.2) is 29.2 Å². The molecule has 1 aromatic carbocycles. The SMILES string of the molecule is CC(C)NCC(O)CS(=O)c1ccc(Cl)cc1. The minimum absolute atomic E-state index is 0.237. The van der Waals surface area contributed by atoms with Gasteiger partial charge in [-0.15, -0.1) is 0 Å². The van der Waals surface area contributed by atoms with E-state index in [0.717, 1.165) is 0 Å². The number of benzene rings is 1. The lowest BCUT2D eigenvalue weighted by Crippen LogP contribution is -2.34. The first-order valence-electron chi connectivity index (χ1n) is 5.54. The average Bonchev–Trinajstić information content (AvgIpc) is 2.27. The third kappa shape index (κ3) is 5.64. The molecule has 0 heterocycles. The van der Waals surface area contributed by atoms with E-state index in [2.05, 4.69) is 5.32 Å². The fraction of sp³-hybridized carbons (Fsp3) is 0.500. The topological polar surface area (TPSA) is 49.3 Å². The zero-order valence-corrected chi connectivity index (χ0v) is 11.6. The van der Waals surface area contributed by atoms with E-state index in [-0.39, 0.29) is 5.75 Å². The Hall–Kier alpha value is -0.420. The number of nitrogens with one attached hydrogen (secondary N) is 1. The predicted molar refractivity (Wildman–Crippen MR) is 71.9 cm³/mol. The monoisotopic (exact) mass is 275 g/mol. The molecule has 2 unspecified atom stereocenters. The van der Waals surface area contributed by atoms with Gasteiger partial charge in [0.1, 0.15) is 0 Å².